The monoisotopic (exact) mass is 2090 g/mol. The van der Waals surface area contributed by atoms with Crippen LogP contribution in [0.1, 0.15) is 639 Å². The molecule has 3 unspecified atom stereocenters. The van der Waals surface area contributed by atoms with Crippen LogP contribution >= 0.6 is 7.82 Å². The fourth-order valence-corrected chi connectivity index (χ4v) is 18.3. The third-order valence-corrected chi connectivity index (χ3v) is 27.4. The number of quaternary nitrogens is 3. The number of unbranched alkanes of at least 4 members (excludes halogenated alkanes) is 78. The third-order valence-electron chi connectivity index (χ3n) is 27.4. The number of hydrogen-bond donors (Lipinski definition) is 0. The van der Waals surface area contributed by atoms with E-state index in [2.05, 4.69) is 124 Å². The lowest BCUT2D eigenvalue weighted by atomic mass is 10.0. The predicted molar refractivity (Wildman–Crippen MR) is 615 cm³/mol. The zero-order chi connectivity index (χ0) is 109. The van der Waals surface area contributed by atoms with Crippen LogP contribution in [0.4, 0.5) is 0 Å². The van der Waals surface area contributed by atoms with Crippen LogP contribution in [0.5, 0.6) is 0 Å². The normalized spacial score (nSPS) is 12.5. The van der Waals surface area contributed by atoms with E-state index in [-0.39, 0.29) is 55.6 Å². The van der Waals surface area contributed by atoms with Crippen LogP contribution < -0.4 is 14.7 Å². The summed E-state index contributed by atoms with van der Waals surface area (Å²) in [6.45, 7) is 14.1. The van der Waals surface area contributed by atoms with Gasteiger partial charge in [-0.05, 0) is 56.8 Å². The average Bonchev–Trinajstić information content (AvgIpc) is 0.942. The fourth-order valence-electron chi connectivity index (χ4n) is 18.3. The van der Waals surface area contributed by atoms with E-state index in [9.17, 15) is 28.8 Å². The second-order valence-corrected chi connectivity index (χ2v) is 47.0. The van der Waals surface area contributed by atoms with E-state index in [1.54, 1.807) is 0 Å². The molecule has 0 aromatic carbocycles. The Hall–Kier alpha value is -3.97. The summed E-state index contributed by atoms with van der Waals surface area (Å²) in [4.78, 5) is 101. The van der Waals surface area contributed by atoms with Crippen molar-refractivity contribution in [2.75, 3.05) is 83.2 Å². The zero-order valence-electron chi connectivity index (χ0n) is 99.4. The zero-order valence-corrected chi connectivity index (χ0v) is 100. The molecule has 0 aromatic heterocycles. The van der Waals surface area contributed by atoms with Crippen molar-refractivity contribution in [1.82, 2.24) is 0 Å². The van der Waals surface area contributed by atoms with Crippen molar-refractivity contribution in [1.29, 1.82) is 0 Å². The molecule has 0 radical (unpaired) electrons. The molecule has 19 nitrogen and oxygen atoms in total. The Kier molecular flexibility index (Phi) is 117. The van der Waals surface area contributed by atoms with Crippen molar-refractivity contribution in [2.45, 2.75) is 657 Å². The summed E-state index contributed by atoms with van der Waals surface area (Å²) < 4.78 is 44.7. The van der Waals surface area contributed by atoms with Crippen molar-refractivity contribution in [3.63, 3.8) is 0 Å². The smallest absolute Gasteiger partial charge is 0.306 e. The van der Waals surface area contributed by atoms with Gasteiger partial charge in [-0.15, -0.1) is 0 Å². The molecule has 0 fully saturated rings. The number of nitrogens with zero attached hydrogens (tertiary/aromatic N) is 3. The highest BCUT2D eigenvalue weighted by Gasteiger charge is 2.22. The first kappa shape index (κ1) is 148. The van der Waals surface area contributed by atoms with Crippen LogP contribution in [0.15, 0.2) is 36.8 Å². The van der Waals surface area contributed by atoms with Gasteiger partial charge in [-0.2, -0.15) is 7.82 Å². The molecule has 0 heterocycles. The molecule has 0 amide bonds. The minimum absolute atomic E-state index is 0.142. The molecule has 0 saturated carbocycles. The van der Waals surface area contributed by atoms with Gasteiger partial charge >= 0.3 is 35.8 Å². The molecule has 0 rings (SSSR count). The Labute approximate surface area is 905 Å². The van der Waals surface area contributed by atoms with E-state index in [4.69, 9.17) is 47.7 Å². The summed E-state index contributed by atoms with van der Waals surface area (Å²) >= 11 is 0. The maximum atomic E-state index is 12.6. The molecule has 0 aliphatic carbocycles. The molecule has 0 saturated heterocycles. The highest BCUT2D eigenvalue weighted by Crippen LogP contribution is 2.24. The lowest BCUT2D eigenvalue weighted by Gasteiger charge is -2.36. The van der Waals surface area contributed by atoms with Crippen LogP contribution in [0.3, 0.4) is 0 Å². The Morgan fingerprint density at radius 3 is 0.404 bits per heavy atom. The Morgan fingerprint density at radius 2 is 0.295 bits per heavy atom. The van der Waals surface area contributed by atoms with Gasteiger partial charge in [-0.1, -0.05) is 542 Å². The maximum absolute atomic E-state index is 12.6. The van der Waals surface area contributed by atoms with Crippen LogP contribution in [0, 0.1) is 0 Å². The van der Waals surface area contributed by atoms with Gasteiger partial charge in [0.2, 0.25) is 0 Å². The summed E-state index contributed by atoms with van der Waals surface area (Å²) in [6.07, 6.45) is 124. The van der Waals surface area contributed by atoms with Gasteiger partial charge < -0.3 is 61.1 Å². The summed E-state index contributed by atoms with van der Waals surface area (Å²) in [5, 5.41) is 0. The van der Waals surface area contributed by atoms with Gasteiger partial charge in [0.05, 0.1) is 82.0 Å². The second-order valence-electron chi connectivity index (χ2n) is 46.1. The van der Waals surface area contributed by atoms with Gasteiger partial charge in [0, 0.05) is 57.8 Å². The molecule has 0 aliphatic heterocycles. The molecule has 20 heteroatoms. The molecule has 866 valence electrons. The first-order chi connectivity index (χ1) is 70.3. The molecular formula is C126H246N3O16P. The third kappa shape index (κ3) is 138. The Bertz CT molecular complexity index is 2610. The van der Waals surface area contributed by atoms with E-state index < -0.39 is 26.1 Å². The van der Waals surface area contributed by atoms with E-state index >= 15 is 0 Å². The molecule has 0 aliphatic rings. The number of hydrogen-bond acceptors (Lipinski definition) is 16. The number of ether oxygens (including phenoxy) is 6. The highest BCUT2D eigenvalue weighted by atomic mass is 31.2. The van der Waals surface area contributed by atoms with Crippen molar-refractivity contribution in [3.8, 4) is 0 Å². The minimum Gasteiger partial charge on any atom is -0.822 e. The van der Waals surface area contributed by atoms with E-state index in [1.807, 2.05) is 18.2 Å². The maximum Gasteiger partial charge on any atom is 0.306 e. The SMILES string of the molecule is CCCCCCCCCCCCCCCCCC(=O)OC(CC=C[N+](C)(C)C)COC(=O)CCCCCCCCCCCCCCC.CCCCCCCCCCCCCCCCCC(=O)OC(CC=C[N+](C)(C)C)COC(=O)CCCCCCCCCCCCCCC.CCCCCCCCCCCCCCCCCC(=O)OC(CC=C[N+](C)(C)C)COC(=O)CCCCCCCCCCCCCCC.O=P([O-])([O-])[O-]. The number of esters is 6. The Balaban J connectivity index is -0.00000101. The largest absolute Gasteiger partial charge is 0.822 e. The van der Waals surface area contributed by atoms with E-state index in [1.165, 1.54) is 462 Å². The van der Waals surface area contributed by atoms with Crippen LogP contribution in [-0.4, -0.2) is 151 Å². The molecule has 0 bridgehead atoms. The number of carbonyl (C=O) groups is 6. The average molecular weight is 2090 g/mol. The molecular weight excluding hydrogens is 1840 g/mol. The Morgan fingerprint density at radius 1 is 0.192 bits per heavy atom. The summed E-state index contributed by atoms with van der Waals surface area (Å²) in [5.41, 5.74) is 0. The first-order valence-corrected chi connectivity index (χ1v) is 64.1. The molecule has 0 N–H and O–H groups in total. The standard InChI is InChI=1S/3C42H82NO4.H3O4P/c3*1-6-8-10-12-14-16-18-20-21-23-25-27-29-31-33-37-42(45)47-40(35-34-38-43(3,4)5)39-46-41(44)36-32-30-28-26-24-22-19-17-15-13-11-9-7-2;1-5(2,3)4/h3*34,38,40H,6-33,35-37,39H2,1-5H3;(H3,1,2,3,4)/q3*+1;/p-3. The van der Waals surface area contributed by atoms with Gasteiger partial charge in [0.1, 0.15) is 38.1 Å². The topological polar surface area (TPSA) is 244 Å². The predicted octanol–water partition coefficient (Wildman–Crippen LogP) is 35.6. The number of carbonyl (C=O) groups excluding carboxylic acids is 6. The van der Waals surface area contributed by atoms with Crippen molar-refractivity contribution in [3.05, 3.63) is 36.8 Å². The molecule has 146 heavy (non-hydrogen) atoms. The van der Waals surface area contributed by atoms with Gasteiger partial charge in [-0.25, -0.2) is 0 Å². The molecule has 0 aromatic rings. The van der Waals surface area contributed by atoms with Crippen molar-refractivity contribution < 1.29 is 89.9 Å². The first-order valence-electron chi connectivity index (χ1n) is 62.6. The van der Waals surface area contributed by atoms with Crippen LogP contribution in [0.25, 0.3) is 0 Å². The van der Waals surface area contributed by atoms with Gasteiger partial charge in [0.15, 0.2) is 0 Å². The van der Waals surface area contributed by atoms with Gasteiger partial charge in [-0.3, -0.25) is 28.8 Å². The summed E-state index contributed by atoms with van der Waals surface area (Å²) in [6, 6.07) is 0. The number of phosphoric acid groups is 1. The van der Waals surface area contributed by atoms with Crippen molar-refractivity contribution in [2.24, 2.45) is 0 Å². The summed E-state index contributed by atoms with van der Waals surface area (Å²) in [5.74, 6) is -1.03. The number of rotatable bonds is 108. The van der Waals surface area contributed by atoms with Gasteiger partial charge in [0.25, 0.3) is 0 Å². The molecule has 0 spiro atoms. The van der Waals surface area contributed by atoms with Crippen molar-refractivity contribution >= 4 is 43.6 Å². The van der Waals surface area contributed by atoms with Crippen LogP contribution in [-0.2, 0) is 61.8 Å². The second kappa shape index (κ2) is 115. The van der Waals surface area contributed by atoms with E-state index in [0.29, 0.717) is 71.2 Å². The quantitative estimate of drug-likeness (QED) is 0.0181. The lowest BCUT2D eigenvalue weighted by molar-refractivity contribution is -0.817. The lowest BCUT2D eigenvalue weighted by Crippen LogP contribution is -2.28. The molecule has 3 atom stereocenters. The van der Waals surface area contributed by atoms with Crippen LogP contribution in [0.2, 0.25) is 0 Å². The summed E-state index contributed by atoms with van der Waals surface area (Å²) in [7, 11) is 13.4. The highest BCUT2D eigenvalue weighted by molar-refractivity contribution is 7.40. The van der Waals surface area contributed by atoms with E-state index in [0.717, 1.165) is 77.0 Å². The minimum atomic E-state index is -5.39. The fraction of sp³-hybridized carbons (Fsp3) is 0.905.